The van der Waals surface area contributed by atoms with Gasteiger partial charge in [-0.15, -0.1) is 0 Å². The highest BCUT2D eigenvalue weighted by Gasteiger charge is 2.30. The van der Waals surface area contributed by atoms with Crippen molar-refractivity contribution in [2.24, 2.45) is 0 Å². The summed E-state index contributed by atoms with van der Waals surface area (Å²) in [5, 5.41) is 3.59. The van der Waals surface area contributed by atoms with Gasteiger partial charge in [-0.05, 0) is 70.5 Å². The van der Waals surface area contributed by atoms with E-state index in [0.29, 0.717) is 30.1 Å². The van der Waals surface area contributed by atoms with Gasteiger partial charge < -0.3 is 0 Å². The van der Waals surface area contributed by atoms with E-state index in [2.05, 4.69) is 20.8 Å². The van der Waals surface area contributed by atoms with E-state index in [1.165, 1.54) is 0 Å². The Morgan fingerprint density at radius 3 is 0.935 bits per heavy atom. The Morgan fingerprint density at radius 1 is 0.452 bits per heavy atom. The Bertz CT molecular complexity index is 984. The molecule has 0 radical (unpaired) electrons. The number of aryl methyl sites for hydroxylation is 3. The van der Waals surface area contributed by atoms with Crippen molar-refractivity contribution in [2.75, 3.05) is 0 Å². The third kappa shape index (κ3) is 5.19. The molecule has 0 saturated carbocycles. The van der Waals surface area contributed by atoms with Crippen LogP contribution in [0.1, 0.15) is 37.5 Å². The normalized spacial score (nSPS) is 11.1. The second-order valence-electron chi connectivity index (χ2n) is 7.39. The van der Waals surface area contributed by atoms with Gasteiger partial charge >= 0.3 is 0 Å². The molecule has 3 aromatic carbocycles. The van der Waals surface area contributed by atoms with E-state index < -0.39 is 0 Å². The Labute approximate surface area is 214 Å². The Balaban J connectivity index is 2.40. The van der Waals surface area contributed by atoms with Crippen LogP contribution in [0.4, 0.5) is 0 Å². The maximum Gasteiger partial charge on any atom is 0.247 e. The first-order chi connectivity index (χ1) is 14.7. The van der Waals surface area contributed by atoms with E-state index in [1.807, 2.05) is 18.2 Å². The molecule has 3 aromatic rings. The van der Waals surface area contributed by atoms with E-state index in [9.17, 15) is 0 Å². The summed E-state index contributed by atoms with van der Waals surface area (Å²) in [6, 6.07) is 11.5. The van der Waals surface area contributed by atoms with Gasteiger partial charge in [0.25, 0.3) is 0 Å². The zero-order valence-corrected chi connectivity index (χ0v) is 22.0. The largest absolute Gasteiger partial charge is 0.247 e. The predicted molar refractivity (Wildman–Crippen MR) is 142 cm³/mol. The third-order valence-electron chi connectivity index (χ3n) is 5.57. The maximum absolute atomic E-state index is 6.74. The summed E-state index contributed by atoms with van der Waals surface area (Å²) in [4.78, 5) is 0. The molecule has 0 saturated heterocycles. The van der Waals surface area contributed by atoms with Crippen LogP contribution in [-0.2, 0) is 19.3 Å². The maximum atomic E-state index is 6.74. The van der Waals surface area contributed by atoms with Gasteiger partial charge in [-0.3, -0.25) is 0 Å². The van der Waals surface area contributed by atoms with Crippen molar-refractivity contribution < 1.29 is 0 Å². The van der Waals surface area contributed by atoms with Crippen LogP contribution in [0.3, 0.4) is 0 Å². The lowest BCUT2D eigenvalue weighted by Crippen LogP contribution is -2.53. The molecule has 3 rings (SSSR count). The topological polar surface area (TPSA) is 0 Å². The first-order valence-electron chi connectivity index (χ1n) is 10.1. The molecule has 0 aliphatic rings. The molecule has 0 amide bonds. The second kappa shape index (κ2) is 10.6. The standard InChI is InChI=1S/C24H21BCl6/c1-4-13-7-16(22(29)10-19(13)26)25(17-8-14(5-2)20(27)11-23(17)30)18-9-15(6-3)21(28)12-24(18)31/h7-12H,4-6H2,1-3H3. The molecule has 31 heavy (non-hydrogen) atoms. The molecule has 0 atom stereocenters. The lowest BCUT2D eigenvalue weighted by molar-refractivity contribution is 1.14. The van der Waals surface area contributed by atoms with E-state index in [4.69, 9.17) is 69.6 Å². The van der Waals surface area contributed by atoms with Crippen molar-refractivity contribution in [1.82, 2.24) is 0 Å². The summed E-state index contributed by atoms with van der Waals surface area (Å²) >= 11 is 39.5. The van der Waals surface area contributed by atoms with Crippen LogP contribution in [0, 0.1) is 0 Å². The molecule has 0 nitrogen and oxygen atoms in total. The molecule has 0 unspecified atom stereocenters. The van der Waals surface area contributed by atoms with E-state index in [-0.39, 0.29) is 6.71 Å². The van der Waals surface area contributed by atoms with Crippen molar-refractivity contribution in [1.29, 1.82) is 0 Å². The van der Waals surface area contributed by atoms with Gasteiger partial charge in [0, 0.05) is 30.1 Å². The summed E-state index contributed by atoms with van der Waals surface area (Å²) in [5.74, 6) is 0. The van der Waals surface area contributed by atoms with Crippen LogP contribution >= 0.6 is 69.6 Å². The molecule has 0 heterocycles. The van der Waals surface area contributed by atoms with Crippen LogP contribution in [-0.4, -0.2) is 6.71 Å². The van der Waals surface area contributed by atoms with Gasteiger partial charge in [0.1, 0.15) is 0 Å². The summed E-state index contributed by atoms with van der Waals surface area (Å²) in [5.41, 5.74) is 5.69. The lowest BCUT2D eigenvalue weighted by atomic mass is 9.36. The monoisotopic (exact) mass is 530 g/mol. The fourth-order valence-corrected chi connectivity index (χ4v) is 5.70. The Kier molecular flexibility index (Phi) is 8.58. The first kappa shape index (κ1) is 25.1. The summed E-state index contributed by atoms with van der Waals surface area (Å²) in [7, 11) is 0. The van der Waals surface area contributed by atoms with Gasteiger partial charge in [-0.2, -0.15) is 0 Å². The minimum absolute atomic E-state index is 0.305. The number of benzene rings is 3. The van der Waals surface area contributed by atoms with Crippen LogP contribution in [0.15, 0.2) is 36.4 Å². The van der Waals surface area contributed by atoms with Crippen molar-refractivity contribution in [2.45, 2.75) is 40.0 Å². The fraction of sp³-hybridized carbons (Fsp3) is 0.250. The zero-order chi connectivity index (χ0) is 22.9. The van der Waals surface area contributed by atoms with Gasteiger partial charge in [-0.1, -0.05) is 109 Å². The Hall–Kier alpha value is -0.535. The third-order valence-corrected chi connectivity index (χ3v) is 7.61. The molecule has 0 aliphatic carbocycles. The highest BCUT2D eigenvalue weighted by molar-refractivity contribution is 6.98. The minimum atomic E-state index is -0.305. The molecule has 7 heteroatoms. The van der Waals surface area contributed by atoms with Gasteiger partial charge in [-0.25, -0.2) is 0 Å². The fourth-order valence-electron chi connectivity index (χ4n) is 3.82. The predicted octanol–water partition coefficient (Wildman–Crippen LogP) is 7.81. The molecular weight excluding hydrogens is 512 g/mol. The van der Waals surface area contributed by atoms with Crippen LogP contribution in [0.25, 0.3) is 0 Å². The van der Waals surface area contributed by atoms with Crippen LogP contribution in [0.2, 0.25) is 30.1 Å². The minimum Gasteiger partial charge on any atom is -0.0848 e. The van der Waals surface area contributed by atoms with Crippen LogP contribution < -0.4 is 16.4 Å². The van der Waals surface area contributed by atoms with E-state index in [0.717, 1.165) is 52.3 Å². The van der Waals surface area contributed by atoms with Crippen molar-refractivity contribution in [3.8, 4) is 0 Å². The molecule has 0 spiro atoms. The second-order valence-corrected chi connectivity index (χ2v) is 9.83. The highest BCUT2D eigenvalue weighted by atomic mass is 35.5. The van der Waals surface area contributed by atoms with Crippen molar-refractivity contribution in [3.05, 3.63) is 83.2 Å². The van der Waals surface area contributed by atoms with E-state index >= 15 is 0 Å². The van der Waals surface area contributed by atoms with Crippen molar-refractivity contribution >= 4 is 92.7 Å². The summed E-state index contributed by atoms with van der Waals surface area (Å²) < 4.78 is 0. The summed E-state index contributed by atoms with van der Waals surface area (Å²) in [6.45, 7) is 5.87. The molecule has 0 N–H and O–H groups in total. The quantitative estimate of drug-likeness (QED) is 0.284. The van der Waals surface area contributed by atoms with Crippen LogP contribution in [0.5, 0.6) is 0 Å². The van der Waals surface area contributed by atoms with Gasteiger partial charge in [0.05, 0.1) is 0 Å². The molecule has 0 aliphatic heterocycles. The smallest absolute Gasteiger partial charge is 0.0848 e. The molecule has 0 fully saturated rings. The lowest BCUT2D eigenvalue weighted by Gasteiger charge is -2.22. The van der Waals surface area contributed by atoms with Crippen molar-refractivity contribution in [3.63, 3.8) is 0 Å². The molecule has 162 valence electrons. The average molecular weight is 533 g/mol. The number of hydrogen-bond donors (Lipinski definition) is 0. The Morgan fingerprint density at radius 2 is 0.710 bits per heavy atom. The average Bonchev–Trinajstić information content (AvgIpc) is 2.72. The summed E-state index contributed by atoms with van der Waals surface area (Å²) in [6.07, 6.45) is 2.33. The first-order valence-corrected chi connectivity index (χ1v) is 12.4. The highest BCUT2D eigenvalue weighted by Crippen LogP contribution is 2.26. The number of hydrogen-bond acceptors (Lipinski definition) is 0. The molecular formula is C24H21BCl6. The molecule has 0 bridgehead atoms. The van der Waals surface area contributed by atoms with E-state index in [1.54, 1.807) is 18.2 Å². The van der Waals surface area contributed by atoms with Gasteiger partial charge in [0.2, 0.25) is 6.71 Å². The zero-order valence-electron chi connectivity index (χ0n) is 17.4. The molecule has 0 aromatic heterocycles. The number of halogens is 6. The SMILES string of the molecule is CCc1cc(B(c2cc(CC)c(Cl)cc2Cl)c2cc(CC)c(Cl)cc2Cl)c(Cl)cc1Cl. The van der Waals surface area contributed by atoms with Gasteiger partial charge in [0.15, 0.2) is 0 Å². The number of rotatable bonds is 6.